The van der Waals surface area contributed by atoms with Crippen LogP contribution in [0.25, 0.3) is 10.9 Å². The molecule has 0 spiro atoms. The van der Waals surface area contributed by atoms with Crippen LogP contribution in [0.3, 0.4) is 0 Å². The molecule has 1 N–H and O–H groups in total. The molecule has 2 heterocycles. The number of nitrogens with zero attached hydrogens (tertiary/aromatic N) is 4. The molecule has 10 heteroatoms. The highest BCUT2D eigenvalue weighted by molar-refractivity contribution is 8.00. The molecule has 0 radical (unpaired) electrons. The van der Waals surface area contributed by atoms with Crippen LogP contribution in [-0.4, -0.2) is 30.9 Å². The first-order valence-corrected chi connectivity index (χ1v) is 9.40. The summed E-state index contributed by atoms with van der Waals surface area (Å²) in [7, 11) is 0. The summed E-state index contributed by atoms with van der Waals surface area (Å²) < 4.78 is 41.1. The Labute approximate surface area is 163 Å². The molecule has 2 aromatic heterocycles. The molecule has 0 aliphatic heterocycles. The number of carbonyl (C=O) groups is 1. The zero-order valence-corrected chi connectivity index (χ0v) is 16.2. The van der Waals surface area contributed by atoms with Crippen LogP contribution in [0.2, 0.25) is 0 Å². The summed E-state index contributed by atoms with van der Waals surface area (Å²) in [5, 5.41) is 6.79. The van der Waals surface area contributed by atoms with Gasteiger partial charge in [0.2, 0.25) is 11.7 Å². The van der Waals surface area contributed by atoms with Gasteiger partial charge in [0.15, 0.2) is 0 Å². The number of halogens is 3. The van der Waals surface area contributed by atoms with Crippen LogP contribution in [0.1, 0.15) is 32.6 Å². The number of hydrogen-bond acceptors (Lipinski definition) is 5. The minimum atomic E-state index is -4.67. The lowest BCUT2D eigenvalue weighted by molar-refractivity contribution is -0.145. The van der Waals surface area contributed by atoms with Crippen molar-refractivity contribution in [2.24, 2.45) is 0 Å². The van der Waals surface area contributed by atoms with E-state index in [0.29, 0.717) is 11.2 Å². The van der Waals surface area contributed by atoms with Crippen LogP contribution in [0, 0.1) is 0 Å². The van der Waals surface area contributed by atoms with E-state index in [1.807, 2.05) is 13.8 Å². The van der Waals surface area contributed by atoms with Gasteiger partial charge in [-0.15, -0.1) is 0 Å². The van der Waals surface area contributed by atoms with Gasteiger partial charge in [-0.1, -0.05) is 30.0 Å². The Morgan fingerprint density at radius 1 is 1.14 bits per heavy atom. The molecule has 0 aliphatic rings. The van der Waals surface area contributed by atoms with E-state index in [4.69, 9.17) is 0 Å². The second-order valence-corrected chi connectivity index (χ2v) is 7.70. The summed E-state index contributed by atoms with van der Waals surface area (Å²) in [6, 6.07) is 8.13. The fraction of sp³-hybridized carbons (Fsp3) is 0.333. The number of rotatable bonds is 5. The van der Waals surface area contributed by atoms with Gasteiger partial charge in [0.1, 0.15) is 10.8 Å². The minimum absolute atomic E-state index is 0.0495. The van der Waals surface area contributed by atoms with E-state index in [1.165, 1.54) is 6.07 Å². The Morgan fingerprint density at radius 2 is 1.86 bits per heavy atom. The number of alkyl halides is 3. The molecule has 1 amide bonds. The lowest BCUT2D eigenvalue weighted by atomic mass is 10.2. The second kappa shape index (κ2) is 7.78. The summed E-state index contributed by atoms with van der Waals surface area (Å²) in [6.07, 6.45) is -3.10. The zero-order valence-electron chi connectivity index (χ0n) is 15.4. The predicted molar refractivity (Wildman–Crippen MR) is 101 cm³/mol. The first kappa shape index (κ1) is 20.1. The van der Waals surface area contributed by atoms with Crippen molar-refractivity contribution in [3.05, 3.63) is 42.4 Å². The maximum absolute atomic E-state index is 13.1. The molecule has 6 nitrogen and oxygen atoms in total. The number of nitrogens with one attached hydrogen (secondary N) is 1. The smallest absolute Gasteiger partial charge is 0.310 e. The lowest BCUT2D eigenvalue weighted by Crippen LogP contribution is -2.25. The van der Waals surface area contributed by atoms with E-state index in [2.05, 4.69) is 20.4 Å². The number of carbonyl (C=O) groups excluding carboxylic acids is 1. The van der Waals surface area contributed by atoms with Gasteiger partial charge >= 0.3 is 6.18 Å². The highest BCUT2D eigenvalue weighted by Gasteiger charge is 2.36. The van der Waals surface area contributed by atoms with E-state index < -0.39 is 17.3 Å². The second-order valence-electron chi connectivity index (χ2n) is 6.37. The average Bonchev–Trinajstić information content (AvgIpc) is 3.09. The van der Waals surface area contributed by atoms with Crippen molar-refractivity contribution >= 4 is 34.4 Å². The van der Waals surface area contributed by atoms with Gasteiger partial charge in [-0.25, -0.2) is 14.6 Å². The third-order valence-corrected chi connectivity index (χ3v) is 4.99. The van der Waals surface area contributed by atoms with E-state index in [9.17, 15) is 18.0 Å². The van der Waals surface area contributed by atoms with Crippen LogP contribution in [0.4, 0.5) is 19.0 Å². The molecule has 3 aromatic rings. The molecule has 0 unspecified atom stereocenters. The summed E-state index contributed by atoms with van der Waals surface area (Å²) >= 11 is 0.955. The Hall–Kier alpha value is -2.62. The molecule has 0 fully saturated rings. The Kier molecular flexibility index (Phi) is 5.59. The average molecular weight is 409 g/mol. The van der Waals surface area contributed by atoms with Crippen LogP contribution in [0.15, 0.2) is 41.6 Å². The lowest BCUT2D eigenvalue weighted by Gasteiger charge is -2.16. The van der Waals surface area contributed by atoms with Gasteiger partial charge in [0.25, 0.3) is 0 Å². The molecule has 3 rings (SSSR count). The molecular formula is C18H18F3N5OS. The van der Waals surface area contributed by atoms with Gasteiger partial charge in [0, 0.05) is 17.5 Å². The van der Waals surface area contributed by atoms with Gasteiger partial charge in [-0.05, 0) is 26.8 Å². The molecule has 28 heavy (non-hydrogen) atoms. The molecule has 1 aromatic carbocycles. The van der Waals surface area contributed by atoms with Gasteiger partial charge in [-0.3, -0.25) is 4.79 Å². The Balaban J connectivity index is 1.87. The molecule has 0 saturated heterocycles. The summed E-state index contributed by atoms with van der Waals surface area (Å²) in [6.45, 7) is 5.46. The third kappa shape index (κ3) is 4.27. The van der Waals surface area contributed by atoms with Crippen LogP contribution < -0.4 is 5.32 Å². The molecular weight excluding hydrogens is 391 g/mol. The number of aromatic nitrogens is 4. The van der Waals surface area contributed by atoms with Crippen molar-refractivity contribution in [2.75, 3.05) is 5.32 Å². The van der Waals surface area contributed by atoms with E-state index >= 15 is 0 Å². The Morgan fingerprint density at radius 3 is 2.54 bits per heavy atom. The van der Waals surface area contributed by atoms with Gasteiger partial charge in [0.05, 0.1) is 17.0 Å². The van der Waals surface area contributed by atoms with Crippen molar-refractivity contribution in [1.29, 1.82) is 0 Å². The quantitative estimate of drug-likeness (QED) is 0.495. The first-order chi connectivity index (χ1) is 13.2. The predicted octanol–water partition coefficient (Wildman–Crippen LogP) is 4.55. The molecule has 0 saturated carbocycles. The molecule has 0 bridgehead atoms. The van der Waals surface area contributed by atoms with Crippen molar-refractivity contribution in [1.82, 2.24) is 19.7 Å². The van der Waals surface area contributed by atoms with Crippen molar-refractivity contribution in [3.63, 3.8) is 0 Å². The summed E-state index contributed by atoms with van der Waals surface area (Å²) in [4.78, 5) is 19.8. The van der Waals surface area contributed by atoms with Crippen LogP contribution in [0.5, 0.6) is 0 Å². The van der Waals surface area contributed by atoms with Gasteiger partial charge < -0.3 is 5.32 Å². The first-order valence-electron chi connectivity index (χ1n) is 8.52. The number of anilines is 1. The third-order valence-electron chi connectivity index (χ3n) is 3.89. The number of fused-ring (bicyclic) bond motifs is 1. The number of benzene rings is 1. The van der Waals surface area contributed by atoms with E-state index in [-0.39, 0.29) is 22.5 Å². The van der Waals surface area contributed by atoms with Crippen LogP contribution >= 0.6 is 11.8 Å². The number of thioether (sulfide) groups is 1. The topological polar surface area (TPSA) is 72.7 Å². The Bertz CT molecular complexity index is 1000. The fourth-order valence-electron chi connectivity index (χ4n) is 2.54. The molecule has 148 valence electrons. The number of hydrogen-bond donors (Lipinski definition) is 1. The number of para-hydroxylation sites is 1. The standard InChI is InChI=1S/C18H18F3N5OS/c1-10(2)26-14(8-9-22-26)24-15(27)11(3)28-16-12-6-4-5-7-13(12)23-17(25-16)18(19,20)21/h4-11H,1-3H3,(H,24,27)/t11-/m1/s1. The van der Waals surface area contributed by atoms with E-state index in [0.717, 1.165) is 11.8 Å². The maximum Gasteiger partial charge on any atom is 0.451 e. The summed E-state index contributed by atoms with van der Waals surface area (Å²) in [5.41, 5.74) is 0.179. The van der Waals surface area contributed by atoms with Crippen molar-refractivity contribution < 1.29 is 18.0 Å². The molecule has 0 aliphatic carbocycles. The highest BCUT2D eigenvalue weighted by Crippen LogP contribution is 2.33. The van der Waals surface area contributed by atoms with Gasteiger partial charge in [-0.2, -0.15) is 18.3 Å². The van der Waals surface area contributed by atoms with Crippen molar-refractivity contribution in [3.8, 4) is 0 Å². The SMILES string of the molecule is CC(C)n1nccc1NC(=O)[C@@H](C)Sc1nc(C(F)(F)F)nc2ccccc12. The normalized spacial score (nSPS) is 13.1. The fourth-order valence-corrected chi connectivity index (χ4v) is 3.48. The zero-order chi connectivity index (χ0) is 20.5. The van der Waals surface area contributed by atoms with E-state index in [1.54, 1.807) is 42.1 Å². The molecule has 1 atom stereocenters. The summed E-state index contributed by atoms with van der Waals surface area (Å²) in [5.74, 6) is -1.06. The maximum atomic E-state index is 13.1. The highest BCUT2D eigenvalue weighted by atomic mass is 32.2. The van der Waals surface area contributed by atoms with Crippen LogP contribution in [-0.2, 0) is 11.0 Å². The minimum Gasteiger partial charge on any atom is -0.310 e. The monoisotopic (exact) mass is 409 g/mol. The largest absolute Gasteiger partial charge is 0.451 e. The van der Waals surface area contributed by atoms with Crippen molar-refractivity contribution in [2.45, 2.75) is 43.3 Å². The number of amides is 1.